The van der Waals surface area contributed by atoms with Gasteiger partial charge in [0.15, 0.2) is 0 Å². The van der Waals surface area contributed by atoms with Crippen molar-refractivity contribution in [2.45, 2.75) is 43.1 Å². The smallest absolute Gasteiger partial charge is 0.321 e. The van der Waals surface area contributed by atoms with Crippen LogP contribution in [0.15, 0.2) is 0 Å². The molecule has 0 radical (unpaired) electrons. The number of carboxylic acids is 1. The van der Waals surface area contributed by atoms with E-state index >= 15 is 0 Å². The number of carbonyl (C=O) groups is 2. The molecule has 1 aliphatic heterocycles. The summed E-state index contributed by atoms with van der Waals surface area (Å²) in [5, 5.41) is 49.0. The molecule has 0 aromatic carbocycles. The number of amides is 1. The molecule has 1 rings (SSSR count). The molecule has 1 amide bonds. The first-order valence-electron chi connectivity index (χ1n) is 5.85. The molecule has 0 bridgehead atoms. The molecule has 0 spiro atoms. The highest BCUT2D eigenvalue weighted by Crippen LogP contribution is 2.20. The quantitative estimate of drug-likeness (QED) is 0.255. The van der Waals surface area contributed by atoms with Gasteiger partial charge in [0.25, 0.3) is 0 Å². The number of carboxylic acid groups (broad SMARTS) is 1. The minimum absolute atomic E-state index is 0.551. The monoisotopic (exact) mass is 294 g/mol. The van der Waals surface area contributed by atoms with E-state index in [2.05, 4.69) is 5.32 Å². The summed E-state index contributed by atoms with van der Waals surface area (Å²) in [5.74, 6) is -2.28. The Morgan fingerprint density at radius 2 is 1.80 bits per heavy atom. The topological polar surface area (TPSA) is 183 Å². The molecule has 0 aromatic rings. The van der Waals surface area contributed by atoms with Crippen LogP contribution in [0, 0.1) is 0 Å². The molecule has 0 saturated carbocycles. The first kappa shape index (κ1) is 16.8. The SMILES string of the molecule is NC(=O)C[C@H](NC1O[C@H](CO)[C@@H](O)[C@H](O)[C@@H]1O)C(=O)O. The molecule has 20 heavy (non-hydrogen) atoms. The Hall–Kier alpha value is -1.30. The zero-order chi connectivity index (χ0) is 15.4. The van der Waals surface area contributed by atoms with E-state index in [9.17, 15) is 24.9 Å². The van der Waals surface area contributed by atoms with Crippen molar-refractivity contribution in [1.82, 2.24) is 5.32 Å². The number of hydrogen-bond donors (Lipinski definition) is 7. The molecule has 1 aliphatic rings. The fraction of sp³-hybridized carbons (Fsp3) is 0.800. The van der Waals surface area contributed by atoms with Crippen molar-refractivity contribution in [3.63, 3.8) is 0 Å². The molecular weight excluding hydrogens is 276 g/mol. The number of nitrogens with one attached hydrogen (secondary N) is 1. The van der Waals surface area contributed by atoms with Gasteiger partial charge in [-0.25, -0.2) is 0 Å². The molecule has 8 N–H and O–H groups in total. The Morgan fingerprint density at radius 3 is 2.25 bits per heavy atom. The zero-order valence-electron chi connectivity index (χ0n) is 10.4. The van der Waals surface area contributed by atoms with Gasteiger partial charge in [-0.2, -0.15) is 0 Å². The fourth-order valence-corrected chi connectivity index (χ4v) is 1.86. The van der Waals surface area contributed by atoms with Crippen LogP contribution in [-0.4, -0.2) is 80.7 Å². The number of rotatable bonds is 6. The zero-order valence-corrected chi connectivity index (χ0v) is 10.4. The van der Waals surface area contributed by atoms with Crippen molar-refractivity contribution < 1.29 is 39.9 Å². The molecule has 10 heteroatoms. The van der Waals surface area contributed by atoms with Crippen molar-refractivity contribution in [2.75, 3.05) is 6.61 Å². The molecule has 0 aromatic heterocycles. The highest BCUT2D eigenvalue weighted by atomic mass is 16.6. The van der Waals surface area contributed by atoms with Gasteiger partial charge in [0, 0.05) is 0 Å². The van der Waals surface area contributed by atoms with Crippen LogP contribution in [-0.2, 0) is 14.3 Å². The molecule has 6 atom stereocenters. The maximum Gasteiger partial charge on any atom is 0.321 e. The van der Waals surface area contributed by atoms with Crippen LogP contribution in [0.4, 0.5) is 0 Å². The molecule has 1 fully saturated rings. The van der Waals surface area contributed by atoms with E-state index in [4.69, 9.17) is 20.7 Å². The van der Waals surface area contributed by atoms with Gasteiger partial charge in [-0.05, 0) is 0 Å². The summed E-state index contributed by atoms with van der Waals surface area (Å²) in [5.41, 5.74) is 4.90. The summed E-state index contributed by atoms with van der Waals surface area (Å²) in [6, 6.07) is -1.44. The Bertz CT molecular complexity index is 363. The third-order valence-corrected chi connectivity index (χ3v) is 2.96. The summed E-state index contributed by atoms with van der Waals surface area (Å²) in [6.45, 7) is -0.642. The van der Waals surface area contributed by atoms with E-state index in [0.717, 1.165) is 0 Å². The van der Waals surface area contributed by atoms with Crippen molar-refractivity contribution >= 4 is 11.9 Å². The largest absolute Gasteiger partial charge is 0.480 e. The van der Waals surface area contributed by atoms with Gasteiger partial charge in [0.05, 0.1) is 13.0 Å². The minimum Gasteiger partial charge on any atom is -0.480 e. The molecule has 1 heterocycles. The van der Waals surface area contributed by atoms with Gasteiger partial charge >= 0.3 is 5.97 Å². The van der Waals surface area contributed by atoms with Crippen LogP contribution in [0.3, 0.4) is 0 Å². The van der Waals surface area contributed by atoms with Gasteiger partial charge in [-0.15, -0.1) is 0 Å². The number of aliphatic hydroxyl groups is 4. The second kappa shape index (κ2) is 6.92. The summed E-state index contributed by atoms with van der Waals surface area (Å²) in [6.07, 6.45) is -7.93. The van der Waals surface area contributed by atoms with Crippen molar-refractivity contribution in [3.8, 4) is 0 Å². The lowest BCUT2D eigenvalue weighted by Crippen LogP contribution is -2.64. The molecular formula is C10H18N2O8. The average Bonchev–Trinajstić information content (AvgIpc) is 2.37. The summed E-state index contributed by atoms with van der Waals surface area (Å²) in [7, 11) is 0. The Kier molecular flexibility index (Phi) is 5.80. The van der Waals surface area contributed by atoms with Crippen molar-refractivity contribution in [1.29, 1.82) is 0 Å². The highest BCUT2D eigenvalue weighted by molar-refractivity contribution is 5.83. The van der Waals surface area contributed by atoms with Gasteiger partial charge in [-0.1, -0.05) is 0 Å². The second-order valence-electron chi connectivity index (χ2n) is 4.48. The number of aliphatic carboxylic acids is 1. The lowest BCUT2D eigenvalue weighted by molar-refractivity contribution is -0.238. The Balaban J connectivity index is 2.77. The lowest BCUT2D eigenvalue weighted by Gasteiger charge is -2.41. The minimum atomic E-state index is -1.64. The van der Waals surface area contributed by atoms with E-state index in [1.807, 2.05) is 0 Å². The molecule has 1 saturated heterocycles. The molecule has 116 valence electrons. The predicted molar refractivity (Wildman–Crippen MR) is 62.1 cm³/mol. The summed E-state index contributed by atoms with van der Waals surface area (Å²) < 4.78 is 5.06. The number of nitrogens with two attached hydrogens (primary N) is 1. The van der Waals surface area contributed by atoms with Gasteiger partial charge in [0.1, 0.15) is 36.7 Å². The van der Waals surface area contributed by atoms with E-state index < -0.39 is 61.6 Å². The van der Waals surface area contributed by atoms with Crippen LogP contribution in [0.5, 0.6) is 0 Å². The van der Waals surface area contributed by atoms with Crippen LogP contribution < -0.4 is 11.1 Å². The maximum absolute atomic E-state index is 10.9. The average molecular weight is 294 g/mol. The Morgan fingerprint density at radius 1 is 1.20 bits per heavy atom. The maximum atomic E-state index is 10.9. The van der Waals surface area contributed by atoms with Gasteiger partial charge in [0.2, 0.25) is 5.91 Å². The van der Waals surface area contributed by atoms with Crippen LogP contribution >= 0.6 is 0 Å². The van der Waals surface area contributed by atoms with Crippen molar-refractivity contribution in [3.05, 3.63) is 0 Å². The number of hydrogen-bond acceptors (Lipinski definition) is 8. The normalized spacial score (nSPS) is 35.5. The third kappa shape index (κ3) is 3.85. The summed E-state index contributed by atoms with van der Waals surface area (Å²) in [4.78, 5) is 21.7. The number of carbonyl (C=O) groups excluding carboxylic acids is 1. The lowest BCUT2D eigenvalue weighted by atomic mass is 9.98. The standard InChI is InChI=1S/C10H18N2O8/c11-5(14)1-3(10(18)19)12-9-8(17)7(16)6(15)4(2-13)20-9/h3-4,6-9,12-13,15-17H,1-2H2,(H2,11,14)(H,18,19)/t3-,4+,6+,7-,8-,9?/m0/s1. The summed E-state index contributed by atoms with van der Waals surface area (Å²) >= 11 is 0. The number of aliphatic hydroxyl groups excluding tert-OH is 4. The Labute approximate surface area is 113 Å². The van der Waals surface area contributed by atoms with E-state index in [0.29, 0.717) is 0 Å². The fourth-order valence-electron chi connectivity index (χ4n) is 1.86. The van der Waals surface area contributed by atoms with Crippen LogP contribution in [0.1, 0.15) is 6.42 Å². The van der Waals surface area contributed by atoms with Crippen LogP contribution in [0.25, 0.3) is 0 Å². The first-order chi connectivity index (χ1) is 9.27. The molecule has 0 aliphatic carbocycles. The molecule has 1 unspecified atom stereocenters. The number of primary amides is 1. The van der Waals surface area contributed by atoms with Gasteiger partial charge in [-0.3, -0.25) is 14.9 Å². The predicted octanol–water partition coefficient (Wildman–Crippen LogP) is -4.30. The van der Waals surface area contributed by atoms with E-state index in [1.54, 1.807) is 0 Å². The second-order valence-corrected chi connectivity index (χ2v) is 4.48. The van der Waals surface area contributed by atoms with E-state index in [1.165, 1.54) is 0 Å². The van der Waals surface area contributed by atoms with Crippen molar-refractivity contribution in [2.24, 2.45) is 5.73 Å². The number of ether oxygens (including phenoxy) is 1. The van der Waals surface area contributed by atoms with Gasteiger partial charge < -0.3 is 36.0 Å². The highest BCUT2D eigenvalue weighted by Gasteiger charge is 2.44. The van der Waals surface area contributed by atoms with E-state index in [-0.39, 0.29) is 0 Å². The third-order valence-electron chi connectivity index (χ3n) is 2.96. The molecule has 10 nitrogen and oxygen atoms in total. The first-order valence-corrected chi connectivity index (χ1v) is 5.85. The van der Waals surface area contributed by atoms with Crippen LogP contribution in [0.2, 0.25) is 0 Å².